The molecule has 2 heteroatoms. The number of carbonyl (C=O) groups excluding carboxylic acids is 1. The van der Waals surface area contributed by atoms with Crippen LogP contribution in [0.25, 0.3) is 0 Å². The average Bonchev–Trinajstić information content (AvgIpc) is 1.95. The molecule has 1 aliphatic rings. The Morgan fingerprint density at radius 2 is 1.82 bits per heavy atom. The maximum absolute atomic E-state index is 10.9. The van der Waals surface area contributed by atoms with Gasteiger partial charge in [-0.2, -0.15) is 0 Å². The third-order valence-corrected chi connectivity index (χ3v) is 2.89. The van der Waals surface area contributed by atoms with E-state index in [1.54, 1.807) is 0 Å². The molecule has 1 fully saturated rings. The summed E-state index contributed by atoms with van der Waals surface area (Å²) >= 11 is 0. The molecule has 0 unspecified atom stereocenters. The summed E-state index contributed by atoms with van der Waals surface area (Å²) in [6.07, 6.45) is 3.14. The minimum atomic E-state index is -0.0616. The third-order valence-electron chi connectivity index (χ3n) is 2.89. The molecular formula is C9H17NO. The molecule has 2 N–H and O–H groups in total. The lowest BCUT2D eigenvalue weighted by Crippen LogP contribution is -2.47. The minimum Gasteiger partial charge on any atom is -0.325 e. The first-order chi connectivity index (χ1) is 5.04. The van der Waals surface area contributed by atoms with Crippen molar-refractivity contribution in [3.8, 4) is 0 Å². The van der Waals surface area contributed by atoms with Crippen molar-refractivity contribution in [3.05, 3.63) is 0 Å². The van der Waals surface area contributed by atoms with Crippen molar-refractivity contribution < 1.29 is 4.79 Å². The molecule has 0 aromatic heterocycles. The summed E-state index contributed by atoms with van der Waals surface area (Å²) < 4.78 is 0. The zero-order valence-corrected chi connectivity index (χ0v) is 7.39. The van der Waals surface area contributed by atoms with Crippen LogP contribution in [0.1, 0.15) is 39.5 Å². The van der Waals surface area contributed by atoms with Crippen molar-refractivity contribution in [1.82, 2.24) is 0 Å². The number of ketones is 1. The standard InChI is InChI=1S/C9H17NO/c1-7(2)9(10)5-3-8(11)4-6-9/h7H,3-6,10H2,1-2H3. The molecule has 0 amide bonds. The van der Waals surface area contributed by atoms with Crippen molar-refractivity contribution in [2.45, 2.75) is 45.1 Å². The Hall–Kier alpha value is -0.370. The maximum Gasteiger partial charge on any atom is 0.133 e. The Balaban J connectivity index is 2.55. The van der Waals surface area contributed by atoms with Crippen LogP contribution >= 0.6 is 0 Å². The van der Waals surface area contributed by atoms with Gasteiger partial charge in [0, 0.05) is 18.4 Å². The molecule has 0 aliphatic heterocycles. The zero-order valence-electron chi connectivity index (χ0n) is 7.39. The summed E-state index contributed by atoms with van der Waals surface area (Å²) in [6, 6.07) is 0. The fourth-order valence-corrected chi connectivity index (χ4v) is 1.57. The quantitative estimate of drug-likeness (QED) is 0.623. The van der Waals surface area contributed by atoms with Gasteiger partial charge in [-0.25, -0.2) is 0 Å². The monoisotopic (exact) mass is 155 g/mol. The zero-order chi connectivity index (χ0) is 8.48. The summed E-state index contributed by atoms with van der Waals surface area (Å²) in [7, 11) is 0. The third kappa shape index (κ3) is 1.80. The van der Waals surface area contributed by atoms with E-state index < -0.39 is 0 Å². The lowest BCUT2D eigenvalue weighted by molar-refractivity contribution is -0.121. The van der Waals surface area contributed by atoms with E-state index in [1.165, 1.54) is 0 Å². The Labute approximate surface area is 68.2 Å². The van der Waals surface area contributed by atoms with E-state index in [9.17, 15) is 4.79 Å². The van der Waals surface area contributed by atoms with Crippen LogP contribution in [-0.4, -0.2) is 11.3 Å². The van der Waals surface area contributed by atoms with E-state index in [-0.39, 0.29) is 5.54 Å². The predicted octanol–water partition coefficient (Wildman–Crippen LogP) is 1.48. The van der Waals surface area contributed by atoms with Gasteiger partial charge in [-0.3, -0.25) is 4.79 Å². The van der Waals surface area contributed by atoms with E-state index in [0.717, 1.165) is 12.8 Å². The average molecular weight is 155 g/mol. The number of hydrogen-bond donors (Lipinski definition) is 1. The number of nitrogens with two attached hydrogens (primary N) is 1. The highest BCUT2D eigenvalue weighted by Crippen LogP contribution is 2.29. The number of rotatable bonds is 1. The van der Waals surface area contributed by atoms with E-state index in [0.29, 0.717) is 24.5 Å². The second-order valence-corrected chi connectivity index (χ2v) is 3.93. The van der Waals surface area contributed by atoms with Crippen LogP contribution in [0.3, 0.4) is 0 Å². The van der Waals surface area contributed by atoms with Gasteiger partial charge in [0.05, 0.1) is 0 Å². The molecule has 1 saturated carbocycles. The smallest absolute Gasteiger partial charge is 0.133 e. The maximum atomic E-state index is 10.9. The molecule has 2 nitrogen and oxygen atoms in total. The lowest BCUT2D eigenvalue weighted by Gasteiger charge is -2.36. The fraction of sp³-hybridized carbons (Fsp3) is 0.889. The largest absolute Gasteiger partial charge is 0.325 e. The lowest BCUT2D eigenvalue weighted by atomic mass is 9.75. The molecule has 11 heavy (non-hydrogen) atoms. The van der Waals surface area contributed by atoms with Crippen LogP contribution in [0.2, 0.25) is 0 Å². The highest BCUT2D eigenvalue weighted by atomic mass is 16.1. The van der Waals surface area contributed by atoms with E-state index in [2.05, 4.69) is 13.8 Å². The number of hydrogen-bond acceptors (Lipinski definition) is 2. The predicted molar refractivity (Wildman–Crippen MR) is 45.2 cm³/mol. The second kappa shape index (κ2) is 2.94. The van der Waals surface area contributed by atoms with E-state index >= 15 is 0 Å². The summed E-state index contributed by atoms with van der Waals surface area (Å²) in [5, 5.41) is 0. The van der Waals surface area contributed by atoms with Crippen LogP contribution < -0.4 is 5.73 Å². The van der Waals surface area contributed by atoms with Gasteiger partial charge >= 0.3 is 0 Å². The topological polar surface area (TPSA) is 43.1 Å². The van der Waals surface area contributed by atoms with Crippen molar-refractivity contribution in [3.63, 3.8) is 0 Å². The Morgan fingerprint density at radius 3 is 2.18 bits per heavy atom. The summed E-state index contributed by atoms with van der Waals surface area (Å²) in [4.78, 5) is 10.9. The molecule has 0 aromatic rings. The molecule has 0 saturated heterocycles. The van der Waals surface area contributed by atoms with Gasteiger partial charge in [-0.1, -0.05) is 13.8 Å². The van der Waals surface area contributed by atoms with Gasteiger partial charge in [0.1, 0.15) is 5.78 Å². The van der Waals surface area contributed by atoms with Crippen LogP contribution in [0.4, 0.5) is 0 Å². The highest BCUT2D eigenvalue weighted by Gasteiger charge is 2.33. The van der Waals surface area contributed by atoms with Crippen LogP contribution in [0.5, 0.6) is 0 Å². The van der Waals surface area contributed by atoms with Gasteiger partial charge < -0.3 is 5.73 Å². The van der Waals surface area contributed by atoms with E-state index in [1.807, 2.05) is 0 Å². The first-order valence-corrected chi connectivity index (χ1v) is 4.35. The number of Topliss-reactive ketones (excluding diaryl/α,β-unsaturated/α-hetero) is 1. The van der Waals surface area contributed by atoms with Gasteiger partial charge in [0.15, 0.2) is 0 Å². The molecular weight excluding hydrogens is 138 g/mol. The van der Waals surface area contributed by atoms with E-state index in [4.69, 9.17) is 5.73 Å². The molecule has 0 aromatic carbocycles. The molecule has 0 bridgehead atoms. The van der Waals surface area contributed by atoms with Crippen LogP contribution in [0.15, 0.2) is 0 Å². The number of carbonyl (C=O) groups is 1. The van der Waals surface area contributed by atoms with Crippen molar-refractivity contribution in [2.24, 2.45) is 11.7 Å². The second-order valence-electron chi connectivity index (χ2n) is 3.93. The summed E-state index contributed by atoms with van der Waals surface area (Å²) in [5.74, 6) is 0.877. The molecule has 0 heterocycles. The van der Waals surface area contributed by atoms with Gasteiger partial charge in [-0.15, -0.1) is 0 Å². The first-order valence-electron chi connectivity index (χ1n) is 4.35. The molecule has 0 radical (unpaired) electrons. The summed E-state index contributed by atoms with van der Waals surface area (Å²) in [5.41, 5.74) is 6.05. The van der Waals surface area contributed by atoms with Crippen molar-refractivity contribution in [2.75, 3.05) is 0 Å². The SMILES string of the molecule is CC(C)C1(N)CCC(=O)CC1. The van der Waals surface area contributed by atoms with Crippen molar-refractivity contribution in [1.29, 1.82) is 0 Å². The minimum absolute atomic E-state index is 0.0616. The molecule has 0 atom stereocenters. The first kappa shape index (κ1) is 8.72. The Morgan fingerprint density at radius 1 is 1.36 bits per heavy atom. The van der Waals surface area contributed by atoms with Gasteiger partial charge in [-0.05, 0) is 18.8 Å². The molecule has 1 rings (SSSR count). The molecule has 0 spiro atoms. The molecule has 1 aliphatic carbocycles. The fourth-order valence-electron chi connectivity index (χ4n) is 1.57. The molecule has 64 valence electrons. The van der Waals surface area contributed by atoms with Crippen LogP contribution in [0, 0.1) is 5.92 Å². The normalized spacial score (nSPS) is 24.2. The van der Waals surface area contributed by atoms with Gasteiger partial charge in [0.2, 0.25) is 0 Å². The van der Waals surface area contributed by atoms with Crippen molar-refractivity contribution >= 4 is 5.78 Å². The summed E-state index contributed by atoms with van der Waals surface area (Å²) in [6.45, 7) is 4.27. The highest BCUT2D eigenvalue weighted by molar-refractivity contribution is 5.79. The Bertz CT molecular complexity index is 153. The Kier molecular flexibility index (Phi) is 2.33. The van der Waals surface area contributed by atoms with Crippen LogP contribution in [-0.2, 0) is 4.79 Å². The van der Waals surface area contributed by atoms with Gasteiger partial charge in [0.25, 0.3) is 0 Å².